The molecular weight excluding hydrogens is 252 g/mol. The van der Waals surface area contributed by atoms with Gasteiger partial charge in [-0.2, -0.15) is 0 Å². The quantitative estimate of drug-likeness (QED) is 0.513. The maximum Gasteiger partial charge on any atom is -0.0307 e. The fourth-order valence-corrected chi connectivity index (χ4v) is 1.63. The molecule has 2 rings (SSSR count). The molecule has 0 nitrogen and oxygen atoms in total. The van der Waals surface area contributed by atoms with Crippen LogP contribution >= 0.6 is 0 Å². The van der Waals surface area contributed by atoms with Gasteiger partial charge >= 0.3 is 0 Å². The lowest BCUT2D eigenvalue weighted by Crippen LogP contribution is -1.77. The van der Waals surface area contributed by atoms with Gasteiger partial charge in [-0.15, -0.1) is 0 Å². The molecule has 0 heteroatoms. The Hall–Kier alpha value is -1.56. The van der Waals surface area contributed by atoms with Gasteiger partial charge in [0.05, 0.1) is 0 Å². The molecule has 0 saturated carbocycles. The van der Waals surface area contributed by atoms with Crippen molar-refractivity contribution in [2.24, 2.45) is 0 Å². The normalized spacial score (nSPS) is 7.62. The molecule has 21 heavy (non-hydrogen) atoms. The van der Waals surface area contributed by atoms with E-state index in [0.29, 0.717) is 0 Å². The molecule has 2 aromatic carbocycles. The third-order valence-corrected chi connectivity index (χ3v) is 2.70. The zero-order valence-corrected chi connectivity index (χ0v) is 11.3. The van der Waals surface area contributed by atoms with Gasteiger partial charge in [-0.05, 0) is 32.8 Å². The molecule has 122 valence electrons. The fourth-order valence-electron chi connectivity index (χ4n) is 1.63. The number of hydrogen-bond donors (Lipinski definition) is 0. The van der Waals surface area contributed by atoms with Crippen molar-refractivity contribution in [1.82, 2.24) is 0 Å². The molecular formula is C21H38. The summed E-state index contributed by atoms with van der Waals surface area (Å²) in [6, 6.07) is 17.1. The van der Waals surface area contributed by atoms with Gasteiger partial charge in [0.1, 0.15) is 0 Å². The van der Waals surface area contributed by atoms with Crippen LogP contribution in [0.5, 0.6) is 0 Å². The Kier molecular flexibility index (Phi) is 19.6. The Morgan fingerprint density at radius 1 is 0.619 bits per heavy atom. The summed E-state index contributed by atoms with van der Waals surface area (Å²) in [5.74, 6) is 0. The van der Waals surface area contributed by atoms with E-state index in [1.165, 1.54) is 22.3 Å². The maximum absolute atomic E-state index is 2.18. The van der Waals surface area contributed by atoms with Gasteiger partial charge in [-0.25, -0.2) is 0 Å². The first-order chi connectivity index (χ1) is 8.11. The second-order valence-electron chi connectivity index (χ2n) is 4.50. The van der Waals surface area contributed by atoms with E-state index < -0.39 is 0 Å². The molecule has 0 heterocycles. The largest absolute Gasteiger partial charge is 0.0776 e. The second-order valence-corrected chi connectivity index (χ2v) is 4.50. The minimum atomic E-state index is 0. The minimum Gasteiger partial charge on any atom is -0.0776 e. The molecule has 0 radical (unpaired) electrons. The van der Waals surface area contributed by atoms with Crippen molar-refractivity contribution < 1.29 is 0 Å². The van der Waals surface area contributed by atoms with E-state index in [-0.39, 0.29) is 29.7 Å². The highest BCUT2D eigenvalue weighted by Crippen LogP contribution is 2.02. The number of aryl methyl sites for hydroxylation is 4. The van der Waals surface area contributed by atoms with Gasteiger partial charge < -0.3 is 0 Å². The van der Waals surface area contributed by atoms with Gasteiger partial charge in [0.25, 0.3) is 0 Å². The van der Waals surface area contributed by atoms with Gasteiger partial charge in [0.15, 0.2) is 0 Å². The first-order valence-corrected chi connectivity index (χ1v) is 6.20. The summed E-state index contributed by atoms with van der Waals surface area (Å²) in [6.07, 6.45) is 1.14. The second kappa shape index (κ2) is 14.8. The molecule has 0 aliphatic heterocycles. The van der Waals surface area contributed by atoms with Crippen LogP contribution in [0.15, 0.2) is 48.5 Å². The highest BCUT2D eigenvalue weighted by molar-refractivity contribution is 5.21. The Morgan fingerprint density at radius 2 is 1.05 bits per heavy atom. The Labute approximate surface area is 135 Å². The summed E-state index contributed by atoms with van der Waals surface area (Å²) in [4.78, 5) is 0. The standard InChI is InChI=1S/C9H12.C8H10.4CH4/c1-3-9-6-4-8(2)5-7-9;1-7-4-3-5-8(2)6-7;;;;/h4-7H,3H2,1-2H3;3-6H,1-2H3;4*1H4. The van der Waals surface area contributed by atoms with Gasteiger partial charge in [0.2, 0.25) is 0 Å². The van der Waals surface area contributed by atoms with Crippen LogP contribution in [0.4, 0.5) is 0 Å². The average molecular weight is 291 g/mol. The van der Waals surface area contributed by atoms with Crippen LogP contribution in [-0.2, 0) is 6.42 Å². The van der Waals surface area contributed by atoms with Crippen LogP contribution < -0.4 is 0 Å². The predicted molar refractivity (Wildman–Crippen MR) is 103 cm³/mol. The third-order valence-electron chi connectivity index (χ3n) is 2.70. The number of benzene rings is 2. The van der Waals surface area contributed by atoms with E-state index in [4.69, 9.17) is 0 Å². The highest BCUT2D eigenvalue weighted by atomic mass is 13.9. The molecule has 0 aliphatic carbocycles. The zero-order valence-electron chi connectivity index (χ0n) is 11.3. The molecule has 0 unspecified atom stereocenters. The SMILES string of the molecule is C.C.C.C.CCc1ccc(C)cc1.Cc1cccc(C)c1. The maximum atomic E-state index is 2.18. The topological polar surface area (TPSA) is 0 Å². The van der Waals surface area contributed by atoms with Crippen molar-refractivity contribution in [3.8, 4) is 0 Å². The van der Waals surface area contributed by atoms with Gasteiger partial charge in [-0.3, -0.25) is 0 Å². The highest BCUT2D eigenvalue weighted by Gasteiger charge is 1.84. The minimum absolute atomic E-state index is 0. The third kappa shape index (κ3) is 11.9. The van der Waals surface area contributed by atoms with Crippen molar-refractivity contribution in [2.75, 3.05) is 0 Å². The van der Waals surface area contributed by atoms with E-state index in [1.54, 1.807) is 0 Å². The summed E-state index contributed by atoms with van der Waals surface area (Å²) in [7, 11) is 0. The monoisotopic (exact) mass is 290 g/mol. The summed E-state index contributed by atoms with van der Waals surface area (Å²) in [6.45, 7) is 8.49. The molecule has 0 bridgehead atoms. The van der Waals surface area contributed by atoms with Crippen LogP contribution in [0.25, 0.3) is 0 Å². The summed E-state index contributed by atoms with van der Waals surface area (Å²) in [5.41, 5.74) is 5.43. The molecule has 0 amide bonds. The van der Waals surface area contributed by atoms with E-state index >= 15 is 0 Å². The molecule has 0 N–H and O–H groups in total. The molecule has 2 aromatic rings. The van der Waals surface area contributed by atoms with Gasteiger partial charge in [-0.1, -0.05) is 102 Å². The predicted octanol–water partition coefficient (Wildman–Crippen LogP) is 7.41. The van der Waals surface area contributed by atoms with E-state index in [0.717, 1.165) is 6.42 Å². The smallest absolute Gasteiger partial charge is 0.0307 e. The number of hydrogen-bond acceptors (Lipinski definition) is 0. The Balaban J connectivity index is -0.000000116. The average Bonchev–Trinajstić information content (AvgIpc) is 2.30. The van der Waals surface area contributed by atoms with Crippen LogP contribution in [0.1, 0.15) is 58.9 Å². The zero-order chi connectivity index (χ0) is 12.7. The molecule has 0 fully saturated rings. The van der Waals surface area contributed by atoms with Crippen molar-refractivity contribution in [1.29, 1.82) is 0 Å². The van der Waals surface area contributed by atoms with E-state index in [1.807, 2.05) is 0 Å². The molecule has 0 aromatic heterocycles. The first kappa shape index (κ1) is 27.7. The van der Waals surface area contributed by atoms with Crippen molar-refractivity contribution in [3.05, 3.63) is 70.8 Å². The molecule has 0 atom stereocenters. The molecule has 0 aliphatic rings. The molecule has 0 saturated heterocycles. The van der Waals surface area contributed by atoms with Crippen molar-refractivity contribution >= 4 is 0 Å². The van der Waals surface area contributed by atoms with Crippen molar-refractivity contribution in [3.63, 3.8) is 0 Å². The summed E-state index contributed by atoms with van der Waals surface area (Å²) in [5, 5.41) is 0. The Bertz CT molecular complexity index is 421. The lowest BCUT2D eigenvalue weighted by atomic mass is 10.1. The summed E-state index contributed by atoms with van der Waals surface area (Å²) >= 11 is 0. The van der Waals surface area contributed by atoms with Crippen LogP contribution in [0.2, 0.25) is 0 Å². The Morgan fingerprint density at radius 3 is 1.33 bits per heavy atom. The van der Waals surface area contributed by atoms with Crippen molar-refractivity contribution in [2.45, 2.75) is 63.8 Å². The van der Waals surface area contributed by atoms with Crippen LogP contribution in [0.3, 0.4) is 0 Å². The first-order valence-electron chi connectivity index (χ1n) is 6.20. The lowest BCUT2D eigenvalue weighted by Gasteiger charge is -1.94. The van der Waals surface area contributed by atoms with E-state index in [2.05, 4.69) is 76.2 Å². The van der Waals surface area contributed by atoms with Crippen LogP contribution in [0, 0.1) is 20.8 Å². The summed E-state index contributed by atoms with van der Waals surface area (Å²) < 4.78 is 0. The lowest BCUT2D eigenvalue weighted by molar-refractivity contribution is 1.14. The fraction of sp³-hybridized carbons (Fsp3) is 0.429. The number of rotatable bonds is 1. The van der Waals surface area contributed by atoms with E-state index in [9.17, 15) is 0 Å². The van der Waals surface area contributed by atoms with Gasteiger partial charge in [0, 0.05) is 0 Å². The molecule has 0 spiro atoms. The van der Waals surface area contributed by atoms with Crippen LogP contribution in [-0.4, -0.2) is 0 Å².